The lowest BCUT2D eigenvalue weighted by Crippen LogP contribution is -2.52. The van der Waals surface area contributed by atoms with Crippen molar-refractivity contribution >= 4 is 33.4 Å². The highest BCUT2D eigenvalue weighted by molar-refractivity contribution is 7.89. The number of rotatable bonds is 5. The van der Waals surface area contributed by atoms with Crippen LogP contribution in [0.3, 0.4) is 0 Å². The van der Waals surface area contributed by atoms with E-state index in [4.69, 9.17) is 11.6 Å². The summed E-state index contributed by atoms with van der Waals surface area (Å²) in [4.78, 5) is 25.1. The Labute approximate surface area is 177 Å². The second kappa shape index (κ2) is 9.07. The van der Waals surface area contributed by atoms with Crippen LogP contribution in [0.4, 0.5) is 8.78 Å². The number of hydrogen-bond acceptors (Lipinski definition) is 4. The first-order chi connectivity index (χ1) is 14.2. The van der Waals surface area contributed by atoms with Crippen LogP contribution in [0, 0.1) is 11.6 Å². The van der Waals surface area contributed by atoms with Crippen molar-refractivity contribution in [2.45, 2.75) is 4.90 Å². The third-order valence-electron chi connectivity index (χ3n) is 4.62. The summed E-state index contributed by atoms with van der Waals surface area (Å²) < 4.78 is 53.4. The maximum atomic E-state index is 13.9. The molecule has 2 aromatic rings. The summed E-state index contributed by atoms with van der Waals surface area (Å²) in [5, 5.41) is 2.74. The average molecular weight is 458 g/mol. The molecule has 3 rings (SSSR count). The Hall–Kier alpha value is -2.56. The second-order valence-corrected chi connectivity index (χ2v) is 8.84. The zero-order valence-electron chi connectivity index (χ0n) is 15.6. The third-order valence-corrected chi connectivity index (χ3v) is 6.86. The molecule has 0 aliphatic carbocycles. The minimum Gasteiger partial charge on any atom is -0.343 e. The molecular formula is C19H18ClF2N3O4S. The molecule has 1 N–H and O–H groups in total. The predicted molar refractivity (Wildman–Crippen MR) is 105 cm³/mol. The molecule has 1 heterocycles. The summed E-state index contributed by atoms with van der Waals surface area (Å²) in [5.74, 6) is -2.81. The Morgan fingerprint density at radius 3 is 2.37 bits per heavy atom. The molecule has 30 heavy (non-hydrogen) atoms. The molecule has 0 unspecified atom stereocenters. The minimum absolute atomic E-state index is 0.0525. The minimum atomic E-state index is -4.23. The fourth-order valence-corrected chi connectivity index (χ4v) is 4.72. The number of hydrogen-bond donors (Lipinski definition) is 1. The summed E-state index contributed by atoms with van der Waals surface area (Å²) in [6, 6.07) is 8.62. The Morgan fingerprint density at radius 1 is 1.03 bits per heavy atom. The maximum Gasteiger partial charge on any atom is 0.253 e. The van der Waals surface area contributed by atoms with E-state index >= 15 is 0 Å². The maximum absolute atomic E-state index is 13.9. The lowest BCUT2D eigenvalue weighted by atomic mass is 10.2. The Balaban J connectivity index is 1.57. The van der Waals surface area contributed by atoms with Crippen LogP contribution in [0.2, 0.25) is 5.02 Å². The Kier molecular flexibility index (Phi) is 6.69. The van der Waals surface area contributed by atoms with Crippen LogP contribution in [0.25, 0.3) is 0 Å². The topological polar surface area (TPSA) is 86.8 Å². The first-order valence-electron chi connectivity index (χ1n) is 8.96. The van der Waals surface area contributed by atoms with Gasteiger partial charge in [-0.25, -0.2) is 17.2 Å². The Morgan fingerprint density at radius 2 is 1.70 bits per heavy atom. The number of carbonyl (C=O) groups is 2. The fourth-order valence-electron chi connectivity index (χ4n) is 3.00. The summed E-state index contributed by atoms with van der Waals surface area (Å²) in [6.07, 6.45) is 0. The molecule has 2 aromatic carbocycles. The normalized spacial score (nSPS) is 15.1. The van der Waals surface area contributed by atoms with E-state index in [2.05, 4.69) is 5.32 Å². The van der Waals surface area contributed by atoms with Crippen molar-refractivity contribution in [2.24, 2.45) is 0 Å². The van der Waals surface area contributed by atoms with E-state index in [0.29, 0.717) is 6.07 Å². The molecule has 1 saturated heterocycles. The number of nitrogens with one attached hydrogen (secondary N) is 1. The highest BCUT2D eigenvalue weighted by Gasteiger charge is 2.32. The molecule has 1 aliphatic rings. The fraction of sp³-hybridized carbons (Fsp3) is 0.263. The smallest absolute Gasteiger partial charge is 0.253 e. The van der Waals surface area contributed by atoms with Crippen LogP contribution in [0.1, 0.15) is 10.4 Å². The van der Waals surface area contributed by atoms with Gasteiger partial charge in [0.25, 0.3) is 5.91 Å². The van der Waals surface area contributed by atoms with Crippen LogP contribution >= 0.6 is 11.6 Å². The van der Waals surface area contributed by atoms with Gasteiger partial charge in [0.15, 0.2) is 0 Å². The van der Waals surface area contributed by atoms with Crippen molar-refractivity contribution in [3.05, 3.63) is 64.7 Å². The highest BCUT2D eigenvalue weighted by atomic mass is 35.5. The largest absolute Gasteiger partial charge is 0.343 e. The van der Waals surface area contributed by atoms with Crippen LogP contribution in [-0.4, -0.2) is 62.2 Å². The lowest BCUT2D eigenvalue weighted by Gasteiger charge is -2.34. The number of amides is 2. The van der Waals surface area contributed by atoms with Crippen molar-refractivity contribution in [1.82, 2.24) is 14.5 Å². The number of sulfonamides is 1. The number of halogens is 3. The summed E-state index contributed by atoms with van der Waals surface area (Å²) >= 11 is 5.94. The van der Waals surface area contributed by atoms with Crippen LogP contribution < -0.4 is 5.32 Å². The van der Waals surface area contributed by atoms with Gasteiger partial charge in [0, 0.05) is 26.2 Å². The van der Waals surface area contributed by atoms with E-state index in [0.717, 1.165) is 16.4 Å². The predicted octanol–water partition coefficient (Wildman–Crippen LogP) is 1.88. The molecule has 0 saturated carbocycles. The van der Waals surface area contributed by atoms with Crippen molar-refractivity contribution < 1.29 is 26.8 Å². The van der Waals surface area contributed by atoms with Gasteiger partial charge < -0.3 is 10.2 Å². The first kappa shape index (κ1) is 22.1. The third kappa shape index (κ3) is 4.77. The summed E-state index contributed by atoms with van der Waals surface area (Å²) in [5.41, 5.74) is 0.236. The van der Waals surface area contributed by atoms with Crippen molar-refractivity contribution in [3.63, 3.8) is 0 Å². The SMILES string of the molecule is O=C(NCC(=O)N1CCN(S(=O)(=O)c2cc(F)ccc2F)CC1)c1ccccc1Cl. The van der Waals surface area contributed by atoms with Gasteiger partial charge in [0.05, 0.1) is 17.1 Å². The van der Waals surface area contributed by atoms with Gasteiger partial charge in [-0.1, -0.05) is 23.7 Å². The molecule has 7 nitrogen and oxygen atoms in total. The standard InChI is InChI=1S/C19H18ClF2N3O4S/c20-15-4-2-1-3-14(15)19(27)23-12-18(26)24-7-9-25(10-8-24)30(28,29)17-11-13(21)5-6-16(17)22/h1-6,11H,7-10,12H2,(H,23,27). The van der Waals surface area contributed by atoms with Gasteiger partial charge in [-0.3, -0.25) is 9.59 Å². The molecule has 0 bridgehead atoms. The molecule has 0 aromatic heterocycles. The lowest BCUT2D eigenvalue weighted by molar-refractivity contribution is -0.131. The number of benzene rings is 2. The second-order valence-electron chi connectivity index (χ2n) is 6.52. The van der Waals surface area contributed by atoms with Gasteiger partial charge in [-0.2, -0.15) is 4.31 Å². The molecular weight excluding hydrogens is 440 g/mol. The monoisotopic (exact) mass is 457 g/mol. The van der Waals surface area contributed by atoms with Crippen LogP contribution in [0.5, 0.6) is 0 Å². The zero-order chi connectivity index (χ0) is 21.9. The first-order valence-corrected chi connectivity index (χ1v) is 10.8. The van der Waals surface area contributed by atoms with E-state index in [-0.39, 0.29) is 43.3 Å². The van der Waals surface area contributed by atoms with E-state index in [1.165, 1.54) is 11.0 Å². The van der Waals surface area contributed by atoms with E-state index < -0.39 is 38.4 Å². The number of nitrogens with zero attached hydrogens (tertiary/aromatic N) is 2. The molecule has 2 amide bonds. The van der Waals surface area contributed by atoms with E-state index in [9.17, 15) is 26.8 Å². The van der Waals surface area contributed by atoms with E-state index in [1.54, 1.807) is 18.2 Å². The molecule has 0 spiro atoms. The molecule has 0 radical (unpaired) electrons. The van der Waals surface area contributed by atoms with Crippen LogP contribution in [-0.2, 0) is 14.8 Å². The van der Waals surface area contributed by atoms with Gasteiger partial charge in [-0.05, 0) is 30.3 Å². The highest BCUT2D eigenvalue weighted by Crippen LogP contribution is 2.21. The zero-order valence-corrected chi connectivity index (χ0v) is 17.2. The molecule has 11 heteroatoms. The summed E-state index contributed by atoms with van der Waals surface area (Å²) in [6.45, 7) is -0.339. The van der Waals surface area contributed by atoms with Crippen molar-refractivity contribution in [1.29, 1.82) is 0 Å². The Bertz CT molecular complexity index is 1070. The van der Waals surface area contributed by atoms with Crippen molar-refractivity contribution in [3.8, 4) is 0 Å². The van der Waals surface area contributed by atoms with Gasteiger partial charge in [-0.15, -0.1) is 0 Å². The quantitative estimate of drug-likeness (QED) is 0.742. The number of carbonyl (C=O) groups excluding carboxylic acids is 2. The average Bonchev–Trinajstić information content (AvgIpc) is 2.73. The number of piperazine rings is 1. The van der Waals surface area contributed by atoms with Crippen LogP contribution in [0.15, 0.2) is 47.4 Å². The molecule has 0 atom stereocenters. The van der Waals surface area contributed by atoms with Gasteiger partial charge in [0.1, 0.15) is 16.5 Å². The molecule has 1 aliphatic heterocycles. The van der Waals surface area contributed by atoms with Crippen molar-refractivity contribution in [2.75, 3.05) is 32.7 Å². The van der Waals surface area contributed by atoms with E-state index in [1.807, 2.05) is 0 Å². The van der Waals surface area contributed by atoms with Gasteiger partial charge in [0.2, 0.25) is 15.9 Å². The molecule has 160 valence electrons. The van der Waals surface area contributed by atoms with Gasteiger partial charge >= 0.3 is 0 Å². The summed E-state index contributed by atoms with van der Waals surface area (Å²) in [7, 11) is -4.23. The molecule has 1 fully saturated rings.